The van der Waals surface area contributed by atoms with Gasteiger partial charge >= 0.3 is 0 Å². The van der Waals surface area contributed by atoms with Crippen LogP contribution < -0.4 is 9.47 Å². The number of carbonyl (C=O) groups excluding carboxylic acids is 1. The summed E-state index contributed by atoms with van der Waals surface area (Å²) in [4.78, 5) is 17.2. The minimum atomic E-state index is -0.986. The van der Waals surface area contributed by atoms with Crippen molar-refractivity contribution in [1.29, 1.82) is 0 Å². The molecule has 0 aromatic heterocycles. The van der Waals surface area contributed by atoms with E-state index in [-0.39, 0.29) is 5.91 Å². The third kappa shape index (κ3) is 5.57. The molecule has 2 aliphatic heterocycles. The number of carbonyl (C=O) groups is 1. The summed E-state index contributed by atoms with van der Waals surface area (Å²) in [5, 5.41) is 10.8. The maximum atomic E-state index is 13.0. The quantitative estimate of drug-likeness (QED) is 0.740. The van der Waals surface area contributed by atoms with E-state index in [2.05, 4.69) is 4.90 Å². The summed E-state index contributed by atoms with van der Waals surface area (Å²) in [6, 6.07) is 16.8. The van der Waals surface area contributed by atoms with Crippen LogP contribution in [0.1, 0.15) is 36.5 Å². The first kappa shape index (κ1) is 21.7. The van der Waals surface area contributed by atoms with Gasteiger partial charge in [0.25, 0.3) is 5.91 Å². The predicted octanol–water partition coefficient (Wildman–Crippen LogP) is 3.21. The Bertz CT molecular complexity index is 848. The minimum Gasteiger partial charge on any atom is -0.492 e. The first-order valence-corrected chi connectivity index (χ1v) is 11.2. The monoisotopic (exact) mass is 424 g/mol. The number of amides is 1. The highest BCUT2D eigenvalue weighted by molar-refractivity contribution is 5.94. The highest BCUT2D eigenvalue weighted by atomic mass is 16.5. The number of para-hydroxylation sites is 1. The molecule has 0 saturated carbocycles. The number of ether oxygens (including phenoxy) is 2. The number of hydrogen-bond acceptors (Lipinski definition) is 5. The molecule has 31 heavy (non-hydrogen) atoms. The van der Waals surface area contributed by atoms with Crippen LogP contribution in [0.15, 0.2) is 54.6 Å². The molecular formula is C25H32N2O4. The lowest BCUT2D eigenvalue weighted by molar-refractivity contribution is -0.0881. The molecule has 0 radical (unpaired) electrons. The zero-order valence-corrected chi connectivity index (χ0v) is 18.2. The van der Waals surface area contributed by atoms with Crippen LogP contribution in [0.25, 0.3) is 0 Å². The Morgan fingerprint density at radius 2 is 1.74 bits per heavy atom. The highest BCUT2D eigenvalue weighted by Gasteiger charge is 2.41. The highest BCUT2D eigenvalue weighted by Crippen LogP contribution is 2.27. The van der Waals surface area contributed by atoms with E-state index in [1.54, 1.807) is 11.8 Å². The molecule has 0 aliphatic carbocycles. The first-order chi connectivity index (χ1) is 15.0. The summed E-state index contributed by atoms with van der Waals surface area (Å²) in [5.41, 5.74) is -0.369. The van der Waals surface area contributed by atoms with Crippen molar-refractivity contribution in [3.8, 4) is 11.5 Å². The van der Waals surface area contributed by atoms with E-state index in [0.717, 1.165) is 25.4 Å². The van der Waals surface area contributed by atoms with E-state index in [0.29, 0.717) is 37.4 Å². The van der Waals surface area contributed by atoms with E-state index in [1.165, 1.54) is 12.8 Å². The molecule has 2 saturated heterocycles. The molecule has 0 spiro atoms. The summed E-state index contributed by atoms with van der Waals surface area (Å²) in [5.74, 6) is 1.42. The fourth-order valence-electron chi connectivity index (χ4n) is 4.20. The van der Waals surface area contributed by atoms with E-state index < -0.39 is 11.7 Å². The van der Waals surface area contributed by atoms with Crippen molar-refractivity contribution in [2.24, 2.45) is 0 Å². The predicted molar refractivity (Wildman–Crippen MR) is 120 cm³/mol. The molecule has 2 atom stereocenters. The summed E-state index contributed by atoms with van der Waals surface area (Å²) in [6.45, 7) is 6.54. The Morgan fingerprint density at radius 1 is 1.03 bits per heavy atom. The van der Waals surface area contributed by atoms with Gasteiger partial charge in [-0.25, -0.2) is 0 Å². The number of aliphatic hydroxyl groups is 1. The standard InChI is InChI=1S/C25H32N2O4/c1-25(29)13-16-27(19-23(25)31-22-7-3-2-4-8-22)24(28)20-9-11-21(12-10-20)30-18-17-26-14-5-6-15-26/h2-4,7-12,23,29H,5-6,13-19H2,1H3/t23-,25-/m0/s1. The second kappa shape index (κ2) is 9.71. The average Bonchev–Trinajstić information content (AvgIpc) is 3.29. The summed E-state index contributed by atoms with van der Waals surface area (Å²) in [7, 11) is 0. The molecule has 2 aromatic rings. The van der Waals surface area contributed by atoms with Gasteiger partial charge in [-0.3, -0.25) is 9.69 Å². The molecule has 2 fully saturated rings. The molecule has 2 aliphatic rings. The third-order valence-electron chi connectivity index (χ3n) is 6.25. The smallest absolute Gasteiger partial charge is 0.253 e. The summed E-state index contributed by atoms with van der Waals surface area (Å²) >= 11 is 0. The Hall–Kier alpha value is -2.57. The number of benzene rings is 2. The van der Waals surface area contributed by atoms with E-state index in [9.17, 15) is 9.90 Å². The van der Waals surface area contributed by atoms with Crippen molar-refractivity contribution in [2.45, 2.75) is 37.9 Å². The lowest BCUT2D eigenvalue weighted by Gasteiger charge is -2.42. The maximum absolute atomic E-state index is 13.0. The molecule has 166 valence electrons. The third-order valence-corrected chi connectivity index (χ3v) is 6.25. The van der Waals surface area contributed by atoms with Crippen molar-refractivity contribution in [3.63, 3.8) is 0 Å². The molecule has 6 nitrogen and oxygen atoms in total. The largest absolute Gasteiger partial charge is 0.492 e. The zero-order chi connectivity index (χ0) is 21.7. The normalized spacial score (nSPS) is 24.2. The van der Waals surface area contributed by atoms with E-state index >= 15 is 0 Å². The van der Waals surface area contributed by atoms with Crippen LogP contribution >= 0.6 is 0 Å². The number of likely N-dealkylation sites (tertiary alicyclic amines) is 2. The fourth-order valence-corrected chi connectivity index (χ4v) is 4.20. The second-order valence-corrected chi connectivity index (χ2v) is 8.70. The molecule has 0 unspecified atom stereocenters. The molecule has 4 rings (SSSR count). The molecule has 6 heteroatoms. The van der Waals surface area contributed by atoms with Crippen molar-refractivity contribution < 1.29 is 19.4 Å². The van der Waals surface area contributed by atoms with Crippen molar-refractivity contribution >= 4 is 5.91 Å². The lowest BCUT2D eigenvalue weighted by Crippen LogP contribution is -2.57. The Morgan fingerprint density at radius 3 is 2.45 bits per heavy atom. The van der Waals surface area contributed by atoms with E-state index in [4.69, 9.17) is 9.47 Å². The Kier molecular flexibility index (Phi) is 6.78. The van der Waals surface area contributed by atoms with Gasteiger partial charge in [-0.05, 0) is 75.7 Å². The summed E-state index contributed by atoms with van der Waals surface area (Å²) in [6.07, 6.45) is 2.54. The SMILES string of the molecule is C[C@]1(O)CCN(C(=O)c2ccc(OCCN3CCCC3)cc2)C[C@@H]1Oc1ccccc1. The van der Waals surface area contributed by atoms with Gasteiger partial charge in [0, 0.05) is 18.7 Å². The molecule has 0 bridgehead atoms. The van der Waals surface area contributed by atoms with Crippen molar-refractivity contribution in [1.82, 2.24) is 9.80 Å². The van der Waals surface area contributed by atoms with Gasteiger partial charge in [-0.15, -0.1) is 0 Å². The first-order valence-electron chi connectivity index (χ1n) is 11.2. The van der Waals surface area contributed by atoms with E-state index in [1.807, 2.05) is 54.6 Å². The van der Waals surface area contributed by atoms with Gasteiger partial charge in [-0.1, -0.05) is 18.2 Å². The number of rotatable bonds is 7. The lowest BCUT2D eigenvalue weighted by atomic mass is 9.90. The second-order valence-electron chi connectivity index (χ2n) is 8.70. The van der Waals surface area contributed by atoms with Crippen LogP contribution in [-0.4, -0.2) is 71.8 Å². The van der Waals surface area contributed by atoms with Crippen LogP contribution in [-0.2, 0) is 0 Å². The van der Waals surface area contributed by atoms with Gasteiger partial charge in [0.1, 0.15) is 29.8 Å². The van der Waals surface area contributed by atoms with Crippen LogP contribution in [0.5, 0.6) is 11.5 Å². The molecular weight excluding hydrogens is 392 g/mol. The fraction of sp³-hybridized carbons (Fsp3) is 0.480. The van der Waals surface area contributed by atoms with Gasteiger partial charge in [0.2, 0.25) is 0 Å². The number of hydrogen-bond donors (Lipinski definition) is 1. The van der Waals surface area contributed by atoms with Gasteiger partial charge in [0.15, 0.2) is 0 Å². The van der Waals surface area contributed by atoms with Gasteiger partial charge in [-0.2, -0.15) is 0 Å². The maximum Gasteiger partial charge on any atom is 0.253 e. The number of nitrogens with zero attached hydrogens (tertiary/aromatic N) is 2. The van der Waals surface area contributed by atoms with Crippen LogP contribution in [0.4, 0.5) is 0 Å². The van der Waals surface area contributed by atoms with Crippen molar-refractivity contribution in [3.05, 3.63) is 60.2 Å². The molecule has 2 aromatic carbocycles. The average molecular weight is 425 g/mol. The topological polar surface area (TPSA) is 62.2 Å². The molecule has 1 N–H and O–H groups in total. The summed E-state index contributed by atoms with van der Waals surface area (Å²) < 4.78 is 11.9. The van der Waals surface area contributed by atoms with Gasteiger partial charge < -0.3 is 19.5 Å². The Labute approximate surface area is 184 Å². The van der Waals surface area contributed by atoms with Crippen LogP contribution in [0, 0.1) is 0 Å². The van der Waals surface area contributed by atoms with Crippen molar-refractivity contribution in [2.75, 3.05) is 39.3 Å². The number of piperidine rings is 1. The Balaban J connectivity index is 1.33. The van der Waals surface area contributed by atoms with Crippen LogP contribution in [0.2, 0.25) is 0 Å². The molecule has 2 heterocycles. The van der Waals surface area contributed by atoms with Gasteiger partial charge in [0.05, 0.1) is 6.54 Å². The minimum absolute atomic E-state index is 0.0548. The zero-order valence-electron chi connectivity index (χ0n) is 18.2. The van der Waals surface area contributed by atoms with Crippen LogP contribution in [0.3, 0.4) is 0 Å². The molecule has 1 amide bonds.